The smallest absolute Gasteiger partial charge is 0.115 e. The zero-order valence-electron chi connectivity index (χ0n) is 11.0. The lowest BCUT2D eigenvalue weighted by Gasteiger charge is -2.08. The highest BCUT2D eigenvalue weighted by atomic mass is 16.3. The van der Waals surface area contributed by atoms with Crippen LogP contribution in [0.4, 0.5) is 5.69 Å². The third kappa shape index (κ3) is 2.83. The highest BCUT2D eigenvalue weighted by Gasteiger charge is 2.10. The number of hydrogen-bond donors (Lipinski definition) is 2. The maximum absolute atomic E-state index is 9.23. The standard InChI is InChI=1S/C14H19N3O/c1-10(2)14-13(9-17(3)16-14)15-8-11-4-6-12(18)7-5-11/h4-7,9-10,15,18H,8H2,1-3H3. The molecule has 0 atom stereocenters. The lowest BCUT2D eigenvalue weighted by molar-refractivity contribution is 0.475. The van der Waals surface area contributed by atoms with Crippen molar-refractivity contribution in [1.29, 1.82) is 0 Å². The number of aromatic hydroxyl groups is 1. The van der Waals surface area contributed by atoms with Crippen LogP contribution >= 0.6 is 0 Å². The second-order valence-corrected chi connectivity index (χ2v) is 4.78. The number of anilines is 1. The molecule has 96 valence electrons. The summed E-state index contributed by atoms with van der Waals surface area (Å²) in [4.78, 5) is 0. The minimum absolute atomic E-state index is 0.294. The molecule has 0 fully saturated rings. The number of nitrogens with zero attached hydrogens (tertiary/aromatic N) is 2. The molecule has 0 aliphatic carbocycles. The van der Waals surface area contributed by atoms with Gasteiger partial charge in [-0.2, -0.15) is 5.10 Å². The quantitative estimate of drug-likeness (QED) is 0.870. The fourth-order valence-corrected chi connectivity index (χ4v) is 1.88. The molecule has 0 unspecified atom stereocenters. The summed E-state index contributed by atoms with van der Waals surface area (Å²) in [6.45, 7) is 4.99. The van der Waals surface area contributed by atoms with Crippen LogP contribution in [0.25, 0.3) is 0 Å². The van der Waals surface area contributed by atoms with E-state index in [1.54, 1.807) is 12.1 Å². The van der Waals surface area contributed by atoms with Gasteiger partial charge in [-0.3, -0.25) is 4.68 Å². The van der Waals surface area contributed by atoms with Crippen LogP contribution in [-0.2, 0) is 13.6 Å². The summed E-state index contributed by atoms with van der Waals surface area (Å²) in [6.07, 6.45) is 2.00. The highest BCUT2D eigenvalue weighted by Crippen LogP contribution is 2.22. The van der Waals surface area contributed by atoms with Gasteiger partial charge in [0.15, 0.2) is 0 Å². The Kier molecular flexibility index (Phi) is 3.55. The maximum atomic E-state index is 9.23. The summed E-state index contributed by atoms with van der Waals surface area (Å²) < 4.78 is 1.83. The first-order chi connectivity index (χ1) is 8.56. The van der Waals surface area contributed by atoms with Gasteiger partial charge < -0.3 is 10.4 Å². The number of aryl methyl sites for hydroxylation is 1. The molecular formula is C14H19N3O. The molecule has 0 saturated carbocycles. The number of aromatic nitrogens is 2. The van der Waals surface area contributed by atoms with Crippen molar-refractivity contribution in [3.8, 4) is 5.75 Å². The molecule has 0 spiro atoms. The van der Waals surface area contributed by atoms with Crippen LogP contribution in [-0.4, -0.2) is 14.9 Å². The number of phenolic OH excluding ortho intramolecular Hbond substituents is 1. The first kappa shape index (κ1) is 12.5. The normalized spacial score (nSPS) is 10.9. The van der Waals surface area contributed by atoms with Gasteiger partial charge in [0.25, 0.3) is 0 Å². The van der Waals surface area contributed by atoms with Crippen molar-refractivity contribution in [1.82, 2.24) is 9.78 Å². The van der Waals surface area contributed by atoms with E-state index in [-0.39, 0.29) is 0 Å². The van der Waals surface area contributed by atoms with Crippen molar-refractivity contribution >= 4 is 5.69 Å². The Morgan fingerprint density at radius 1 is 1.28 bits per heavy atom. The predicted octanol–water partition coefficient (Wildman–Crippen LogP) is 2.86. The third-order valence-electron chi connectivity index (χ3n) is 2.82. The van der Waals surface area contributed by atoms with Crippen molar-refractivity contribution in [2.75, 3.05) is 5.32 Å². The van der Waals surface area contributed by atoms with E-state index in [1.807, 2.05) is 30.1 Å². The van der Waals surface area contributed by atoms with Crippen molar-refractivity contribution in [3.05, 3.63) is 41.7 Å². The molecule has 2 N–H and O–H groups in total. The van der Waals surface area contributed by atoms with Gasteiger partial charge in [-0.15, -0.1) is 0 Å². The lowest BCUT2D eigenvalue weighted by atomic mass is 10.1. The molecule has 4 nitrogen and oxygen atoms in total. The zero-order valence-corrected chi connectivity index (χ0v) is 11.0. The predicted molar refractivity (Wildman–Crippen MR) is 72.7 cm³/mol. The lowest BCUT2D eigenvalue weighted by Crippen LogP contribution is -2.01. The Hall–Kier alpha value is -1.97. The van der Waals surface area contributed by atoms with Gasteiger partial charge in [0.05, 0.1) is 11.4 Å². The molecule has 1 heterocycles. The Morgan fingerprint density at radius 3 is 2.56 bits per heavy atom. The maximum Gasteiger partial charge on any atom is 0.115 e. The second-order valence-electron chi connectivity index (χ2n) is 4.78. The SMILES string of the molecule is CC(C)c1nn(C)cc1NCc1ccc(O)cc1. The number of phenols is 1. The van der Waals surface area contributed by atoms with Crippen LogP contribution in [0.5, 0.6) is 5.75 Å². The summed E-state index contributed by atoms with van der Waals surface area (Å²) in [6, 6.07) is 7.22. The van der Waals surface area contributed by atoms with E-state index in [2.05, 4.69) is 24.3 Å². The van der Waals surface area contributed by atoms with Crippen LogP contribution in [0.3, 0.4) is 0 Å². The molecular weight excluding hydrogens is 226 g/mol. The molecule has 18 heavy (non-hydrogen) atoms. The van der Waals surface area contributed by atoms with Gasteiger partial charge >= 0.3 is 0 Å². The molecule has 0 amide bonds. The van der Waals surface area contributed by atoms with Gasteiger partial charge in [0.1, 0.15) is 5.75 Å². The Labute approximate surface area is 107 Å². The first-order valence-corrected chi connectivity index (χ1v) is 6.11. The zero-order chi connectivity index (χ0) is 13.1. The molecule has 0 aliphatic heterocycles. The monoisotopic (exact) mass is 245 g/mol. The highest BCUT2D eigenvalue weighted by molar-refractivity contribution is 5.48. The van der Waals surface area contributed by atoms with Gasteiger partial charge in [0, 0.05) is 19.8 Å². The number of hydrogen-bond acceptors (Lipinski definition) is 3. The van der Waals surface area contributed by atoms with E-state index < -0.39 is 0 Å². The Balaban J connectivity index is 2.08. The van der Waals surface area contributed by atoms with Crippen LogP contribution in [0.15, 0.2) is 30.5 Å². The summed E-state index contributed by atoms with van der Waals surface area (Å²) in [7, 11) is 1.93. The second kappa shape index (κ2) is 5.12. The van der Waals surface area contributed by atoms with Crippen LogP contribution in [0.2, 0.25) is 0 Å². The molecule has 0 aliphatic rings. The van der Waals surface area contributed by atoms with Gasteiger partial charge in [-0.1, -0.05) is 26.0 Å². The summed E-state index contributed by atoms with van der Waals surface area (Å²) in [5.41, 5.74) is 3.28. The number of nitrogens with one attached hydrogen (secondary N) is 1. The van der Waals surface area contributed by atoms with E-state index in [1.165, 1.54) is 0 Å². The van der Waals surface area contributed by atoms with Gasteiger partial charge in [-0.25, -0.2) is 0 Å². The van der Waals surface area contributed by atoms with E-state index in [9.17, 15) is 5.11 Å². The van der Waals surface area contributed by atoms with E-state index in [0.29, 0.717) is 11.7 Å². The number of rotatable bonds is 4. The third-order valence-corrected chi connectivity index (χ3v) is 2.82. The molecule has 1 aromatic heterocycles. The largest absolute Gasteiger partial charge is 0.508 e. The molecule has 2 rings (SSSR count). The fraction of sp³-hybridized carbons (Fsp3) is 0.357. The van der Waals surface area contributed by atoms with Crippen molar-refractivity contribution in [2.45, 2.75) is 26.3 Å². The Bertz CT molecular complexity index is 514. The summed E-state index contributed by atoms with van der Waals surface area (Å²) >= 11 is 0. The molecule has 2 aromatic rings. The van der Waals surface area contributed by atoms with Crippen LogP contribution in [0.1, 0.15) is 31.0 Å². The average Bonchev–Trinajstić information content (AvgIpc) is 2.70. The van der Waals surface area contributed by atoms with E-state index in [4.69, 9.17) is 0 Å². The minimum atomic E-state index is 0.294. The molecule has 0 radical (unpaired) electrons. The summed E-state index contributed by atoms with van der Waals surface area (Å²) in [5.74, 6) is 0.691. The van der Waals surface area contributed by atoms with Crippen molar-refractivity contribution < 1.29 is 5.11 Å². The van der Waals surface area contributed by atoms with Crippen molar-refractivity contribution in [2.24, 2.45) is 7.05 Å². The Morgan fingerprint density at radius 2 is 1.94 bits per heavy atom. The van der Waals surface area contributed by atoms with Gasteiger partial charge in [-0.05, 0) is 23.6 Å². The average molecular weight is 245 g/mol. The van der Waals surface area contributed by atoms with Crippen molar-refractivity contribution in [3.63, 3.8) is 0 Å². The minimum Gasteiger partial charge on any atom is -0.508 e. The summed E-state index contributed by atoms with van der Waals surface area (Å²) in [5, 5.41) is 17.1. The fourth-order valence-electron chi connectivity index (χ4n) is 1.88. The molecule has 0 bridgehead atoms. The first-order valence-electron chi connectivity index (χ1n) is 6.11. The van der Waals surface area contributed by atoms with E-state index in [0.717, 1.165) is 23.5 Å². The molecule has 4 heteroatoms. The van der Waals surface area contributed by atoms with Gasteiger partial charge in [0.2, 0.25) is 0 Å². The van der Waals surface area contributed by atoms with E-state index >= 15 is 0 Å². The topological polar surface area (TPSA) is 50.1 Å². The molecule has 1 aromatic carbocycles. The van der Waals surface area contributed by atoms with Crippen LogP contribution in [0, 0.1) is 0 Å². The van der Waals surface area contributed by atoms with Crippen LogP contribution < -0.4 is 5.32 Å². The number of benzene rings is 1. The molecule has 0 saturated heterocycles.